The minimum absolute atomic E-state index is 0.121. The van der Waals surface area contributed by atoms with Crippen LogP contribution in [0.2, 0.25) is 4.34 Å². The van der Waals surface area contributed by atoms with E-state index in [0.29, 0.717) is 59.0 Å². The number of aromatic nitrogens is 1. The van der Waals surface area contributed by atoms with Crippen molar-refractivity contribution in [1.82, 2.24) is 14.2 Å². The largest absolute Gasteiger partial charge is 0.495 e. The minimum atomic E-state index is -3.73. The lowest BCUT2D eigenvalue weighted by Gasteiger charge is -2.34. The number of ether oxygens (including phenoxy) is 2. The fourth-order valence-electron chi connectivity index (χ4n) is 4.62. The van der Waals surface area contributed by atoms with Crippen LogP contribution in [0.5, 0.6) is 11.5 Å². The summed E-state index contributed by atoms with van der Waals surface area (Å²) >= 11 is 8.41. The summed E-state index contributed by atoms with van der Waals surface area (Å²) in [4.78, 5) is 22.8. The van der Waals surface area contributed by atoms with E-state index < -0.39 is 15.9 Å². The molecule has 0 spiro atoms. The van der Waals surface area contributed by atoms with Gasteiger partial charge in [-0.1, -0.05) is 36.8 Å². The van der Waals surface area contributed by atoms with Crippen LogP contribution in [0.1, 0.15) is 26.7 Å². The highest BCUT2D eigenvalue weighted by atomic mass is 35.5. The Morgan fingerprint density at radius 1 is 1.11 bits per heavy atom. The molecule has 0 N–H and O–H groups in total. The number of anilines is 1. The summed E-state index contributed by atoms with van der Waals surface area (Å²) in [6.45, 7) is 7.50. The molecule has 0 radical (unpaired) electrons. The fraction of sp³-hybridized carbons (Fsp3) is 0.520. The molecule has 0 bridgehead atoms. The molecule has 3 heterocycles. The molecule has 1 aliphatic rings. The highest BCUT2D eigenvalue weighted by molar-refractivity contribution is 7.91. The first-order valence-corrected chi connectivity index (χ1v) is 16.0. The molecule has 0 saturated carbocycles. The van der Waals surface area contributed by atoms with Crippen molar-refractivity contribution in [3.63, 3.8) is 0 Å². The second kappa shape index (κ2) is 12.5. The van der Waals surface area contributed by atoms with Gasteiger partial charge >= 0.3 is 0 Å². The lowest BCUT2D eigenvalue weighted by molar-refractivity contribution is -0.123. The second-order valence-electron chi connectivity index (χ2n) is 8.92. The van der Waals surface area contributed by atoms with Crippen LogP contribution in [-0.2, 0) is 14.8 Å². The zero-order chi connectivity index (χ0) is 27.4. The SMILES string of the molecule is CCN(CC)CCN(C(=O)C1CCCN(S(=O)(=O)c2ccc(Cl)s2)C1)c1nc2c(OC)ccc(OC)c2s1. The molecule has 1 saturated heterocycles. The molecule has 3 aromatic rings. The average Bonchev–Trinajstić information content (AvgIpc) is 3.57. The van der Waals surface area contributed by atoms with E-state index in [4.69, 9.17) is 26.1 Å². The van der Waals surface area contributed by atoms with E-state index in [2.05, 4.69) is 18.7 Å². The summed E-state index contributed by atoms with van der Waals surface area (Å²) in [5, 5.41) is 0.546. The summed E-state index contributed by atoms with van der Waals surface area (Å²) in [6.07, 6.45) is 1.20. The molecule has 9 nitrogen and oxygen atoms in total. The highest BCUT2D eigenvalue weighted by Gasteiger charge is 2.37. The predicted octanol–water partition coefficient (Wildman–Crippen LogP) is 4.80. The molecule has 0 aliphatic carbocycles. The molecule has 13 heteroatoms. The molecule has 1 atom stereocenters. The van der Waals surface area contributed by atoms with Crippen LogP contribution in [0.3, 0.4) is 0 Å². The number of benzene rings is 1. The van der Waals surface area contributed by atoms with Gasteiger partial charge in [0, 0.05) is 26.2 Å². The molecule has 4 rings (SSSR count). The van der Waals surface area contributed by atoms with Crippen LogP contribution in [-0.4, -0.2) is 82.0 Å². The standard InChI is InChI=1S/C25H33ClN4O5S3/c1-5-28(6-2)14-15-30(25-27-22-18(34-3)9-10-19(35-4)23(22)37-25)24(31)17-8-7-13-29(16-17)38(32,33)21-12-11-20(26)36-21/h9-12,17H,5-8,13-16H2,1-4H3. The van der Waals surface area contributed by atoms with Gasteiger partial charge in [0.2, 0.25) is 5.91 Å². The number of carbonyl (C=O) groups is 1. The van der Waals surface area contributed by atoms with E-state index in [1.807, 2.05) is 6.07 Å². The Bertz CT molecular complexity index is 1330. The number of carbonyl (C=O) groups excluding carboxylic acids is 1. The Kier molecular flexibility index (Phi) is 9.53. The van der Waals surface area contributed by atoms with E-state index in [-0.39, 0.29) is 16.7 Å². The Morgan fingerprint density at radius 3 is 2.45 bits per heavy atom. The van der Waals surface area contributed by atoms with Crippen LogP contribution in [0.4, 0.5) is 5.13 Å². The summed E-state index contributed by atoms with van der Waals surface area (Å²) < 4.78 is 40.4. The zero-order valence-electron chi connectivity index (χ0n) is 22.0. The van der Waals surface area contributed by atoms with Gasteiger partial charge in [-0.25, -0.2) is 13.4 Å². The van der Waals surface area contributed by atoms with Crippen LogP contribution in [0, 0.1) is 5.92 Å². The molecule has 1 aromatic carbocycles. The van der Waals surface area contributed by atoms with Crippen molar-refractivity contribution in [3.8, 4) is 11.5 Å². The Labute approximate surface area is 237 Å². The van der Waals surface area contributed by atoms with Gasteiger partial charge in [-0.3, -0.25) is 9.69 Å². The molecule has 208 valence electrons. The number of halogens is 1. The predicted molar refractivity (Wildman–Crippen MR) is 154 cm³/mol. The topological polar surface area (TPSA) is 92.3 Å². The second-order valence-corrected chi connectivity index (χ2v) is 13.8. The van der Waals surface area contributed by atoms with Gasteiger partial charge in [0.15, 0.2) is 5.13 Å². The third-order valence-electron chi connectivity index (χ3n) is 6.81. The summed E-state index contributed by atoms with van der Waals surface area (Å²) in [7, 11) is -0.544. The average molecular weight is 601 g/mol. The molecular formula is C25H33ClN4O5S3. The van der Waals surface area contributed by atoms with Crippen molar-refractivity contribution < 1.29 is 22.7 Å². The van der Waals surface area contributed by atoms with Crippen LogP contribution < -0.4 is 14.4 Å². The Hall–Kier alpha value is -1.96. The molecule has 1 unspecified atom stereocenters. The van der Waals surface area contributed by atoms with Crippen molar-refractivity contribution >= 4 is 65.6 Å². The van der Waals surface area contributed by atoms with Gasteiger partial charge in [-0.15, -0.1) is 11.3 Å². The third-order valence-corrected chi connectivity index (χ3v) is 11.5. The van der Waals surface area contributed by atoms with Crippen molar-refractivity contribution in [2.75, 3.05) is 58.4 Å². The number of hydrogen-bond acceptors (Lipinski definition) is 9. The van der Waals surface area contributed by atoms with Gasteiger partial charge in [-0.2, -0.15) is 4.31 Å². The number of fused-ring (bicyclic) bond motifs is 1. The number of amides is 1. The summed E-state index contributed by atoms with van der Waals surface area (Å²) in [6, 6.07) is 6.72. The van der Waals surface area contributed by atoms with E-state index >= 15 is 0 Å². The van der Waals surface area contributed by atoms with Gasteiger partial charge in [0.05, 0.1) is 24.5 Å². The Morgan fingerprint density at radius 2 is 1.82 bits per heavy atom. The number of hydrogen-bond donors (Lipinski definition) is 0. The van der Waals surface area contributed by atoms with Gasteiger partial charge < -0.3 is 14.4 Å². The fourth-order valence-corrected chi connectivity index (χ4v) is 8.88. The van der Waals surface area contributed by atoms with Crippen molar-refractivity contribution in [3.05, 3.63) is 28.6 Å². The highest BCUT2D eigenvalue weighted by Crippen LogP contribution is 2.41. The monoisotopic (exact) mass is 600 g/mol. The maximum absolute atomic E-state index is 14.1. The molecular weight excluding hydrogens is 568 g/mol. The molecule has 1 fully saturated rings. The number of methoxy groups -OCH3 is 2. The lowest BCUT2D eigenvalue weighted by Crippen LogP contribution is -2.48. The minimum Gasteiger partial charge on any atom is -0.495 e. The maximum atomic E-state index is 14.1. The number of thiazole rings is 1. The van der Waals surface area contributed by atoms with Crippen LogP contribution in [0.15, 0.2) is 28.5 Å². The number of likely N-dealkylation sites (N-methyl/N-ethyl adjacent to an activating group) is 1. The number of sulfonamides is 1. The molecule has 1 aliphatic heterocycles. The normalized spacial score (nSPS) is 16.7. The number of piperidine rings is 1. The molecule has 2 aromatic heterocycles. The van der Waals surface area contributed by atoms with Gasteiger partial charge in [0.25, 0.3) is 10.0 Å². The maximum Gasteiger partial charge on any atom is 0.252 e. The van der Waals surface area contributed by atoms with Crippen molar-refractivity contribution in [2.45, 2.75) is 30.9 Å². The number of thiophene rings is 1. The summed E-state index contributed by atoms with van der Waals surface area (Å²) in [5.74, 6) is 0.647. The van der Waals surface area contributed by atoms with E-state index in [9.17, 15) is 13.2 Å². The zero-order valence-corrected chi connectivity index (χ0v) is 25.2. The first-order chi connectivity index (χ1) is 18.2. The van der Waals surface area contributed by atoms with Crippen molar-refractivity contribution in [1.29, 1.82) is 0 Å². The number of rotatable bonds is 11. The lowest BCUT2D eigenvalue weighted by atomic mass is 9.98. The smallest absolute Gasteiger partial charge is 0.252 e. The molecule has 38 heavy (non-hydrogen) atoms. The summed E-state index contributed by atoms with van der Waals surface area (Å²) in [5.41, 5.74) is 0.634. The van der Waals surface area contributed by atoms with Gasteiger partial charge in [-0.05, 0) is 50.2 Å². The van der Waals surface area contributed by atoms with E-state index in [1.54, 1.807) is 31.3 Å². The van der Waals surface area contributed by atoms with Crippen LogP contribution >= 0.6 is 34.3 Å². The van der Waals surface area contributed by atoms with E-state index in [1.165, 1.54) is 21.7 Å². The molecule has 1 amide bonds. The first kappa shape index (κ1) is 29.0. The Balaban J connectivity index is 1.66. The van der Waals surface area contributed by atoms with Gasteiger partial charge in [0.1, 0.15) is 25.9 Å². The number of nitrogens with zero attached hydrogens (tertiary/aromatic N) is 4. The first-order valence-electron chi connectivity index (χ1n) is 12.5. The quantitative estimate of drug-likeness (QED) is 0.312. The van der Waals surface area contributed by atoms with Crippen LogP contribution in [0.25, 0.3) is 10.2 Å². The van der Waals surface area contributed by atoms with E-state index in [0.717, 1.165) is 29.1 Å². The van der Waals surface area contributed by atoms with Crippen molar-refractivity contribution in [2.24, 2.45) is 5.92 Å². The third kappa shape index (κ3) is 5.95.